The van der Waals surface area contributed by atoms with Gasteiger partial charge in [-0.1, -0.05) is 13.2 Å². The Kier molecular flexibility index (Phi) is 8.95. The lowest BCUT2D eigenvalue weighted by Crippen LogP contribution is -2.21. The number of azo groups is 1. The molecule has 0 aliphatic carbocycles. The van der Waals surface area contributed by atoms with Crippen molar-refractivity contribution in [3.05, 3.63) is 70.8 Å². The lowest BCUT2D eigenvalue weighted by Gasteiger charge is -2.22. The van der Waals surface area contributed by atoms with E-state index in [4.69, 9.17) is 9.47 Å². The van der Waals surface area contributed by atoms with Crippen molar-refractivity contribution in [2.45, 2.75) is 27.7 Å². The van der Waals surface area contributed by atoms with Crippen molar-refractivity contribution in [2.24, 2.45) is 10.2 Å². The Morgan fingerprint density at radius 3 is 1.91 bits per heavy atom. The second-order valence-electron chi connectivity index (χ2n) is 7.43. The first kappa shape index (κ1) is 24.6. The van der Waals surface area contributed by atoms with Gasteiger partial charge in [0.05, 0.1) is 11.0 Å². The summed E-state index contributed by atoms with van der Waals surface area (Å²) in [5.41, 5.74) is 3.50. The van der Waals surface area contributed by atoms with E-state index in [0.717, 1.165) is 29.9 Å². The number of non-ortho nitro benzene ring substituents is 1. The van der Waals surface area contributed by atoms with Gasteiger partial charge < -0.3 is 14.4 Å². The molecule has 2 rings (SSSR count). The molecule has 0 atom stereocenters. The summed E-state index contributed by atoms with van der Waals surface area (Å²) < 4.78 is 11.6. The SMILES string of the molecule is C=C(C)COc1cc(N(CC)CC)ccc1N=Nc1ccc([N+](=O)[O-])cc1OCC(=C)C. The van der Waals surface area contributed by atoms with Crippen LogP contribution in [0.1, 0.15) is 27.7 Å². The van der Waals surface area contributed by atoms with Gasteiger partial charge in [0.1, 0.15) is 30.3 Å². The van der Waals surface area contributed by atoms with Gasteiger partial charge in [0, 0.05) is 30.9 Å². The topological polar surface area (TPSA) is 89.6 Å². The number of rotatable bonds is 12. The van der Waals surface area contributed by atoms with Crippen LogP contribution in [0.25, 0.3) is 0 Å². The van der Waals surface area contributed by atoms with Crippen molar-refractivity contribution in [3.8, 4) is 11.5 Å². The van der Waals surface area contributed by atoms with Gasteiger partial charge in [0.2, 0.25) is 0 Å². The van der Waals surface area contributed by atoms with Crippen LogP contribution in [0.2, 0.25) is 0 Å². The number of hydrogen-bond acceptors (Lipinski definition) is 7. The van der Waals surface area contributed by atoms with Crippen molar-refractivity contribution in [1.29, 1.82) is 0 Å². The number of ether oxygens (including phenoxy) is 2. The number of benzene rings is 2. The molecule has 0 amide bonds. The van der Waals surface area contributed by atoms with E-state index >= 15 is 0 Å². The van der Waals surface area contributed by atoms with Crippen LogP contribution in [0.4, 0.5) is 22.7 Å². The lowest BCUT2D eigenvalue weighted by molar-refractivity contribution is -0.384. The molecule has 0 radical (unpaired) electrons. The van der Waals surface area contributed by atoms with Crippen molar-refractivity contribution >= 4 is 22.7 Å². The van der Waals surface area contributed by atoms with Crippen LogP contribution in [0.3, 0.4) is 0 Å². The molecule has 0 aliphatic rings. The highest BCUT2D eigenvalue weighted by Gasteiger charge is 2.13. The Morgan fingerprint density at radius 2 is 1.44 bits per heavy atom. The molecule has 2 aromatic rings. The number of nitro benzene ring substituents is 1. The molecule has 0 aromatic heterocycles. The second-order valence-corrected chi connectivity index (χ2v) is 7.43. The molecule has 0 unspecified atom stereocenters. The monoisotopic (exact) mass is 438 g/mol. The predicted octanol–water partition coefficient (Wildman–Crippen LogP) is 6.77. The Morgan fingerprint density at radius 1 is 0.938 bits per heavy atom. The minimum absolute atomic E-state index is 0.0882. The molecule has 0 bridgehead atoms. The summed E-state index contributed by atoms with van der Waals surface area (Å²) in [7, 11) is 0. The standard InChI is InChI=1S/C24H30N4O4/c1-7-27(8-2)19-9-11-21(23(13-19)31-15-17(3)4)25-26-22-12-10-20(28(29)30)14-24(22)32-16-18(5)6/h9-14H,3,5,7-8,15-16H2,1-2,4,6H3. The number of nitro groups is 1. The summed E-state index contributed by atoms with van der Waals surface area (Å²) in [4.78, 5) is 12.9. The Bertz CT molecular complexity index is 1010. The average Bonchev–Trinajstić information content (AvgIpc) is 2.76. The zero-order valence-corrected chi connectivity index (χ0v) is 19.1. The maximum absolute atomic E-state index is 11.1. The van der Waals surface area contributed by atoms with E-state index in [1.165, 1.54) is 18.2 Å². The number of nitrogens with zero attached hydrogens (tertiary/aromatic N) is 4. The summed E-state index contributed by atoms with van der Waals surface area (Å²) in [5, 5.41) is 19.8. The summed E-state index contributed by atoms with van der Waals surface area (Å²) in [6, 6.07) is 9.93. The van der Waals surface area contributed by atoms with Gasteiger partial charge in [-0.3, -0.25) is 10.1 Å². The van der Waals surface area contributed by atoms with E-state index < -0.39 is 4.92 Å². The van der Waals surface area contributed by atoms with Crippen molar-refractivity contribution in [3.63, 3.8) is 0 Å². The van der Waals surface area contributed by atoms with Crippen molar-refractivity contribution < 1.29 is 14.4 Å². The Balaban J connectivity index is 2.42. The molecule has 170 valence electrons. The molecule has 0 aliphatic heterocycles. The molecule has 0 N–H and O–H groups in total. The zero-order chi connectivity index (χ0) is 23.7. The van der Waals surface area contributed by atoms with E-state index in [2.05, 4.69) is 42.1 Å². The van der Waals surface area contributed by atoms with E-state index in [-0.39, 0.29) is 18.0 Å². The molecule has 2 aromatic carbocycles. The molecule has 8 nitrogen and oxygen atoms in total. The number of hydrogen-bond donors (Lipinski definition) is 0. The predicted molar refractivity (Wildman–Crippen MR) is 128 cm³/mol. The van der Waals surface area contributed by atoms with Gasteiger partial charge in [-0.05, 0) is 57.0 Å². The summed E-state index contributed by atoms with van der Waals surface area (Å²) in [6.07, 6.45) is 0. The van der Waals surface area contributed by atoms with Gasteiger partial charge in [0.15, 0.2) is 5.75 Å². The molecule has 0 saturated carbocycles. The van der Waals surface area contributed by atoms with E-state index in [9.17, 15) is 10.1 Å². The zero-order valence-electron chi connectivity index (χ0n) is 19.1. The minimum atomic E-state index is -0.482. The summed E-state index contributed by atoms with van der Waals surface area (Å²) in [5.74, 6) is 0.836. The highest BCUT2D eigenvalue weighted by atomic mass is 16.6. The van der Waals surface area contributed by atoms with Gasteiger partial charge in [-0.25, -0.2) is 0 Å². The van der Waals surface area contributed by atoms with Crippen LogP contribution < -0.4 is 14.4 Å². The molecule has 0 saturated heterocycles. The molecular weight excluding hydrogens is 408 g/mol. The molecule has 0 fully saturated rings. The lowest BCUT2D eigenvalue weighted by atomic mass is 10.2. The first-order valence-corrected chi connectivity index (χ1v) is 10.4. The van der Waals surface area contributed by atoms with Gasteiger partial charge in [-0.2, -0.15) is 0 Å². The van der Waals surface area contributed by atoms with Crippen LogP contribution in [0, 0.1) is 10.1 Å². The first-order chi connectivity index (χ1) is 15.2. The third-order valence-corrected chi connectivity index (χ3v) is 4.44. The van der Waals surface area contributed by atoms with E-state index in [1.807, 2.05) is 25.1 Å². The van der Waals surface area contributed by atoms with E-state index in [1.54, 1.807) is 6.92 Å². The first-order valence-electron chi connectivity index (χ1n) is 10.4. The third kappa shape index (κ3) is 6.94. The quantitative estimate of drug-likeness (QED) is 0.158. The Labute approximate surface area is 189 Å². The molecule has 8 heteroatoms. The maximum atomic E-state index is 11.1. The molecular formula is C24H30N4O4. The fourth-order valence-corrected chi connectivity index (χ4v) is 2.81. The maximum Gasteiger partial charge on any atom is 0.273 e. The van der Waals surface area contributed by atoms with Crippen LogP contribution >= 0.6 is 0 Å². The summed E-state index contributed by atoms with van der Waals surface area (Å²) >= 11 is 0. The normalized spacial score (nSPS) is 10.8. The van der Waals surface area contributed by atoms with Crippen molar-refractivity contribution in [1.82, 2.24) is 0 Å². The molecule has 32 heavy (non-hydrogen) atoms. The minimum Gasteiger partial charge on any atom is -0.487 e. The van der Waals surface area contributed by atoms with Gasteiger partial charge in [0.25, 0.3) is 5.69 Å². The average molecular weight is 439 g/mol. The third-order valence-electron chi connectivity index (χ3n) is 4.44. The fraction of sp³-hybridized carbons (Fsp3) is 0.333. The highest BCUT2D eigenvalue weighted by molar-refractivity contribution is 5.63. The highest BCUT2D eigenvalue weighted by Crippen LogP contribution is 2.37. The summed E-state index contributed by atoms with van der Waals surface area (Å²) in [6.45, 7) is 17.9. The van der Waals surface area contributed by atoms with Gasteiger partial charge in [-0.15, -0.1) is 10.2 Å². The van der Waals surface area contributed by atoms with Crippen LogP contribution in [-0.2, 0) is 0 Å². The van der Waals surface area contributed by atoms with Crippen LogP contribution in [0.15, 0.2) is 70.9 Å². The number of anilines is 1. The van der Waals surface area contributed by atoms with Crippen LogP contribution in [0.5, 0.6) is 11.5 Å². The fourth-order valence-electron chi connectivity index (χ4n) is 2.81. The Hall–Kier alpha value is -3.68. The van der Waals surface area contributed by atoms with Crippen molar-refractivity contribution in [2.75, 3.05) is 31.2 Å². The van der Waals surface area contributed by atoms with Crippen LogP contribution in [-0.4, -0.2) is 31.2 Å². The van der Waals surface area contributed by atoms with Gasteiger partial charge >= 0.3 is 0 Å². The molecule has 0 spiro atoms. The van der Waals surface area contributed by atoms with E-state index in [0.29, 0.717) is 23.7 Å². The second kappa shape index (κ2) is 11.6. The smallest absolute Gasteiger partial charge is 0.273 e. The molecule has 0 heterocycles. The largest absolute Gasteiger partial charge is 0.487 e.